The van der Waals surface area contributed by atoms with E-state index in [1.807, 2.05) is 26.8 Å². The van der Waals surface area contributed by atoms with Gasteiger partial charge < -0.3 is 9.64 Å². The Morgan fingerprint density at radius 3 is 2.52 bits per heavy atom. The maximum atomic E-state index is 14.0. The van der Waals surface area contributed by atoms with Crippen molar-refractivity contribution in [1.29, 1.82) is 0 Å². The van der Waals surface area contributed by atoms with Gasteiger partial charge in [0, 0.05) is 24.9 Å². The highest BCUT2D eigenvalue weighted by atomic mass is 19.1. The van der Waals surface area contributed by atoms with E-state index in [9.17, 15) is 14.0 Å². The first-order valence-electron chi connectivity index (χ1n) is 8.02. The third-order valence-electron chi connectivity index (χ3n) is 4.73. The van der Waals surface area contributed by atoms with E-state index in [4.69, 9.17) is 4.74 Å². The van der Waals surface area contributed by atoms with Crippen LogP contribution in [0.25, 0.3) is 0 Å². The normalized spacial score (nSPS) is 19.8. The van der Waals surface area contributed by atoms with Gasteiger partial charge in [0.2, 0.25) is 0 Å². The number of ether oxygens (including phenoxy) is 1. The van der Waals surface area contributed by atoms with Crippen LogP contribution in [0.4, 0.5) is 9.18 Å². The molecule has 1 aliphatic heterocycles. The maximum absolute atomic E-state index is 14.0. The first-order valence-corrected chi connectivity index (χ1v) is 8.02. The van der Waals surface area contributed by atoms with Crippen LogP contribution in [-0.4, -0.2) is 35.5 Å². The van der Waals surface area contributed by atoms with E-state index in [1.165, 1.54) is 6.07 Å². The zero-order valence-corrected chi connectivity index (χ0v) is 13.8. The molecule has 1 fully saturated rings. The molecule has 5 heteroatoms. The predicted octanol–water partition coefficient (Wildman–Crippen LogP) is 3.68. The van der Waals surface area contributed by atoms with Crippen LogP contribution in [0.1, 0.15) is 56.0 Å². The third-order valence-corrected chi connectivity index (χ3v) is 4.73. The number of piperidine rings is 1. The van der Waals surface area contributed by atoms with Crippen molar-refractivity contribution < 1.29 is 18.7 Å². The van der Waals surface area contributed by atoms with E-state index < -0.39 is 11.4 Å². The molecule has 1 amide bonds. The van der Waals surface area contributed by atoms with E-state index in [2.05, 4.69) is 0 Å². The number of amides is 1. The van der Waals surface area contributed by atoms with Crippen molar-refractivity contribution in [3.63, 3.8) is 0 Å². The molecule has 0 N–H and O–H groups in total. The molecule has 124 valence electrons. The molecule has 1 saturated heterocycles. The van der Waals surface area contributed by atoms with Crippen LogP contribution in [0.2, 0.25) is 0 Å². The van der Waals surface area contributed by atoms with E-state index in [0.717, 1.165) is 5.56 Å². The summed E-state index contributed by atoms with van der Waals surface area (Å²) in [7, 11) is 0. The zero-order valence-electron chi connectivity index (χ0n) is 13.8. The van der Waals surface area contributed by atoms with Crippen LogP contribution in [-0.2, 0) is 10.2 Å². The Kier molecular flexibility index (Phi) is 3.69. The molecular weight excluding hydrogens is 297 g/mol. The first-order chi connectivity index (χ1) is 10.7. The van der Waals surface area contributed by atoms with Gasteiger partial charge in [-0.25, -0.2) is 9.18 Å². The van der Waals surface area contributed by atoms with Gasteiger partial charge in [0.25, 0.3) is 0 Å². The van der Waals surface area contributed by atoms with Gasteiger partial charge in [-0.05, 0) is 45.2 Å². The molecule has 23 heavy (non-hydrogen) atoms. The molecule has 0 atom stereocenters. The zero-order chi connectivity index (χ0) is 16.8. The highest BCUT2D eigenvalue weighted by Crippen LogP contribution is 2.46. The van der Waals surface area contributed by atoms with Crippen molar-refractivity contribution in [3.05, 3.63) is 35.1 Å². The lowest BCUT2D eigenvalue weighted by Crippen LogP contribution is -2.46. The van der Waals surface area contributed by atoms with Crippen molar-refractivity contribution in [2.75, 3.05) is 13.1 Å². The lowest BCUT2D eigenvalue weighted by molar-refractivity contribution is 0.0166. The molecule has 3 rings (SSSR count). The van der Waals surface area contributed by atoms with Gasteiger partial charge in [-0.15, -0.1) is 0 Å². The fraction of sp³-hybridized carbons (Fsp3) is 0.556. The molecule has 4 nitrogen and oxygen atoms in total. The van der Waals surface area contributed by atoms with Gasteiger partial charge in [0.05, 0.1) is 5.56 Å². The van der Waals surface area contributed by atoms with Gasteiger partial charge >= 0.3 is 6.09 Å². The molecule has 0 bridgehead atoms. The monoisotopic (exact) mass is 319 g/mol. The van der Waals surface area contributed by atoms with Crippen molar-refractivity contribution >= 4 is 11.9 Å². The molecule has 0 radical (unpaired) electrons. The highest BCUT2D eigenvalue weighted by Gasteiger charge is 2.47. The minimum absolute atomic E-state index is 0.121. The number of nitrogens with zero attached hydrogens (tertiary/aromatic N) is 1. The Bertz CT molecular complexity index is 655. The van der Waals surface area contributed by atoms with Gasteiger partial charge in [0.1, 0.15) is 11.4 Å². The van der Waals surface area contributed by atoms with Crippen LogP contribution in [0.3, 0.4) is 0 Å². The Labute approximate surface area is 135 Å². The number of ketones is 1. The van der Waals surface area contributed by atoms with Crippen LogP contribution in [0, 0.1) is 5.82 Å². The number of likely N-dealkylation sites (tertiary alicyclic amines) is 1. The van der Waals surface area contributed by atoms with Crippen LogP contribution >= 0.6 is 0 Å². The molecule has 2 aliphatic rings. The van der Waals surface area contributed by atoms with E-state index in [1.54, 1.807) is 11.0 Å². The molecule has 1 heterocycles. The first kappa shape index (κ1) is 16.0. The number of rotatable bonds is 0. The number of fused-ring (bicyclic) bond motifs is 2. The van der Waals surface area contributed by atoms with E-state index in [-0.39, 0.29) is 22.9 Å². The summed E-state index contributed by atoms with van der Waals surface area (Å²) < 4.78 is 19.4. The van der Waals surface area contributed by atoms with E-state index in [0.29, 0.717) is 32.4 Å². The van der Waals surface area contributed by atoms with Crippen molar-refractivity contribution in [1.82, 2.24) is 4.90 Å². The molecule has 0 aromatic heterocycles. The number of hydrogen-bond acceptors (Lipinski definition) is 3. The lowest BCUT2D eigenvalue weighted by Gasteiger charge is -2.39. The van der Waals surface area contributed by atoms with Gasteiger partial charge in [-0.3, -0.25) is 4.79 Å². The van der Waals surface area contributed by atoms with Crippen molar-refractivity contribution in [3.8, 4) is 0 Å². The lowest BCUT2D eigenvalue weighted by atomic mass is 9.74. The van der Waals surface area contributed by atoms with Crippen LogP contribution in [0.15, 0.2) is 18.2 Å². The summed E-state index contributed by atoms with van der Waals surface area (Å²) in [6, 6.07) is 4.85. The summed E-state index contributed by atoms with van der Waals surface area (Å²) in [6.07, 6.45) is 1.34. The summed E-state index contributed by atoms with van der Waals surface area (Å²) in [6.45, 7) is 6.57. The molecule has 1 aromatic carbocycles. The van der Waals surface area contributed by atoms with Gasteiger partial charge in [0.15, 0.2) is 5.78 Å². The third kappa shape index (κ3) is 2.84. The molecular formula is C18H22FNO3. The number of hydrogen-bond donors (Lipinski definition) is 0. The number of carbonyl (C=O) groups excluding carboxylic acids is 2. The minimum Gasteiger partial charge on any atom is -0.444 e. The Hall–Kier alpha value is -1.91. The predicted molar refractivity (Wildman–Crippen MR) is 84.1 cm³/mol. The minimum atomic E-state index is -0.523. The second-order valence-corrected chi connectivity index (χ2v) is 7.51. The largest absolute Gasteiger partial charge is 0.444 e. The summed E-state index contributed by atoms with van der Waals surface area (Å²) in [5, 5.41) is 0. The SMILES string of the molecule is CC(C)(C)OC(=O)N1CCC2(CC1)CC(=O)c1c(F)cccc12. The van der Waals surface area contributed by atoms with Crippen molar-refractivity contribution in [2.24, 2.45) is 0 Å². The second kappa shape index (κ2) is 5.32. The summed E-state index contributed by atoms with van der Waals surface area (Å²) in [5.74, 6) is -0.553. The van der Waals surface area contributed by atoms with E-state index >= 15 is 0 Å². The standard InChI is InChI=1S/C18H22FNO3/c1-17(2,3)23-16(22)20-9-7-18(8-10-20)11-14(21)15-12(18)5-4-6-13(15)19/h4-6H,7-11H2,1-3H3. The fourth-order valence-electron chi connectivity index (χ4n) is 3.63. The quantitative estimate of drug-likeness (QED) is 0.733. The van der Waals surface area contributed by atoms with Crippen LogP contribution < -0.4 is 0 Å². The highest BCUT2D eigenvalue weighted by molar-refractivity contribution is 6.02. The number of carbonyl (C=O) groups is 2. The average Bonchev–Trinajstić information content (AvgIpc) is 2.72. The molecule has 1 aromatic rings. The Morgan fingerprint density at radius 2 is 1.91 bits per heavy atom. The Balaban J connectivity index is 1.77. The number of Topliss-reactive ketones (excluding diaryl/α,β-unsaturated/α-hetero) is 1. The maximum Gasteiger partial charge on any atom is 0.410 e. The summed E-state index contributed by atoms with van der Waals surface area (Å²) >= 11 is 0. The molecule has 1 spiro atoms. The van der Waals surface area contributed by atoms with Crippen molar-refractivity contribution in [2.45, 2.75) is 51.0 Å². The van der Waals surface area contributed by atoms with Gasteiger partial charge in [-0.1, -0.05) is 12.1 Å². The molecule has 0 unspecified atom stereocenters. The smallest absolute Gasteiger partial charge is 0.410 e. The topological polar surface area (TPSA) is 46.6 Å². The fourth-order valence-corrected chi connectivity index (χ4v) is 3.63. The average molecular weight is 319 g/mol. The summed E-state index contributed by atoms with van der Waals surface area (Å²) in [5.41, 5.74) is 0.211. The molecule has 0 saturated carbocycles. The Morgan fingerprint density at radius 1 is 1.26 bits per heavy atom. The molecule has 1 aliphatic carbocycles. The summed E-state index contributed by atoms with van der Waals surface area (Å²) in [4.78, 5) is 26.1. The second-order valence-electron chi connectivity index (χ2n) is 7.51. The van der Waals surface area contributed by atoms with Crippen LogP contribution in [0.5, 0.6) is 0 Å². The number of benzene rings is 1. The van der Waals surface area contributed by atoms with Gasteiger partial charge in [-0.2, -0.15) is 0 Å². The number of halogens is 1.